The summed E-state index contributed by atoms with van der Waals surface area (Å²) in [6.45, 7) is 12.6. The molecule has 0 saturated heterocycles. The van der Waals surface area contributed by atoms with E-state index in [4.69, 9.17) is 9.47 Å². The molecular formula is C27H44Cl2N2O2. The lowest BCUT2D eigenvalue weighted by molar-refractivity contribution is 0.260. The number of nitrogens with zero attached hydrogens (tertiary/aromatic N) is 1. The number of unbranched alkanes of at least 4 members (excludes halogenated alkanes) is 2. The molecule has 0 bridgehead atoms. The van der Waals surface area contributed by atoms with Crippen molar-refractivity contribution in [2.75, 3.05) is 33.3 Å². The van der Waals surface area contributed by atoms with Gasteiger partial charge in [0.25, 0.3) is 0 Å². The van der Waals surface area contributed by atoms with Crippen molar-refractivity contribution in [3.05, 3.63) is 59.2 Å². The highest BCUT2D eigenvalue weighted by Crippen LogP contribution is 2.31. The lowest BCUT2D eigenvalue weighted by atomic mass is 10.1. The van der Waals surface area contributed by atoms with E-state index in [2.05, 4.69) is 61.3 Å². The molecule has 0 atom stereocenters. The molecule has 0 amide bonds. The van der Waals surface area contributed by atoms with Crippen LogP contribution in [0.1, 0.15) is 62.6 Å². The van der Waals surface area contributed by atoms with Crippen LogP contribution < -0.4 is 14.8 Å². The van der Waals surface area contributed by atoms with Gasteiger partial charge >= 0.3 is 0 Å². The lowest BCUT2D eigenvalue weighted by Gasteiger charge is -2.22. The minimum atomic E-state index is 0. The van der Waals surface area contributed by atoms with E-state index in [0.717, 1.165) is 42.1 Å². The Bertz CT molecular complexity index is 733. The minimum absolute atomic E-state index is 0. The fraction of sp³-hybridized carbons (Fsp3) is 0.556. The third kappa shape index (κ3) is 12.0. The summed E-state index contributed by atoms with van der Waals surface area (Å²) in [5, 5.41) is 3.60. The van der Waals surface area contributed by atoms with Crippen LogP contribution >= 0.6 is 24.8 Å². The van der Waals surface area contributed by atoms with Crippen molar-refractivity contribution >= 4 is 24.8 Å². The summed E-state index contributed by atoms with van der Waals surface area (Å²) < 4.78 is 11.8. The normalized spacial score (nSPS) is 10.5. The maximum atomic E-state index is 6.20. The van der Waals surface area contributed by atoms with Crippen LogP contribution in [0.25, 0.3) is 0 Å². The number of aryl methyl sites for hydroxylation is 1. The second kappa shape index (κ2) is 18.9. The zero-order chi connectivity index (χ0) is 22.3. The van der Waals surface area contributed by atoms with Gasteiger partial charge in [-0.25, -0.2) is 0 Å². The first kappa shape index (κ1) is 31.5. The van der Waals surface area contributed by atoms with E-state index in [1.54, 1.807) is 7.11 Å². The van der Waals surface area contributed by atoms with E-state index in [9.17, 15) is 0 Å². The quantitative estimate of drug-likeness (QED) is 0.257. The van der Waals surface area contributed by atoms with E-state index in [1.807, 2.05) is 12.1 Å². The number of benzene rings is 2. The number of nitrogens with one attached hydrogen (secondary N) is 1. The molecule has 2 rings (SSSR count). The molecule has 0 spiro atoms. The zero-order valence-corrected chi connectivity index (χ0v) is 22.5. The molecule has 0 fully saturated rings. The predicted molar refractivity (Wildman–Crippen MR) is 146 cm³/mol. The van der Waals surface area contributed by atoms with Gasteiger partial charge in [0, 0.05) is 12.1 Å². The fourth-order valence-electron chi connectivity index (χ4n) is 3.61. The van der Waals surface area contributed by atoms with Crippen molar-refractivity contribution < 1.29 is 9.47 Å². The summed E-state index contributed by atoms with van der Waals surface area (Å²) in [4.78, 5) is 2.62. The summed E-state index contributed by atoms with van der Waals surface area (Å²) in [5.41, 5.74) is 3.56. The highest BCUT2D eigenvalue weighted by atomic mass is 35.5. The molecule has 33 heavy (non-hydrogen) atoms. The molecule has 188 valence electrons. The number of halogens is 2. The molecule has 0 saturated carbocycles. The summed E-state index contributed by atoms with van der Waals surface area (Å²) >= 11 is 0. The number of methoxy groups -OCH3 is 1. The first-order valence-corrected chi connectivity index (χ1v) is 11.9. The van der Waals surface area contributed by atoms with Gasteiger partial charge in [0.15, 0.2) is 11.5 Å². The molecule has 0 radical (unpaired) electrons. The van der Waals surface area contributed by atoms with E-state index in [1.165, 1.54) is 50.9 Å². The van der Waals surface area contributed by atoms with Crippen molar-refractivity contribution in [1.29, 1.82) is 0 Å². The minimum Gasteiger partial charge on any atom is -0.493 e. The molecule has 0 aromatic heterocycles. The number of ether oxygens (including phenoxy) is 2. The van der Waals surface area contributed by atoms with Crippen molar-refractivity contribution in [3.63, 3.8) is 0 Å². The Morgan fingerprint density at radius 3 is 2.09 bits per heavy atom. The maximum absolute atomic E-state index is 6.20. The van der Waals surface area contributed by atoms with Crippen molar-refractivity contribution in [2.45, 2.75) is 66.0 Å². The Labute approximate surface area is 214 Å². The Morgan fingerprint density at radius 1 is 0.848 bits per heavy atom. The average Bonchev–Trinajstić information content (AvgIpc) is 2.79. The van der Waals surface area contributed by atoms with Gasteiger partial charge in [-0.2, -0.15) is 0 Å². The molecule has 0 aliphatic carbocycles. The number of rotatable bonds is 16. The summed E-state index contributed by atoms with van der Waals surface area (Å²) in [6.07, 6.45) is 6.28. The van der Waals surface area contributed by atoms with Crippen LogP contribution in [-0.2, 0) is 13.2 Å². The highest BCUT2D eigenvalue weighted by Gasteiger charge is 2.11. The monoisotopic (exact) mass is 498 g/mol. The fourth-order valence-corrected chi connectivity index (χ4v) is 3.61. The zero-order valence-electron chi connectivity index (χ0n) is 20.9. The Morgan fingerprint density at radius 2 is 1.48 bits per heavy atom. The summed E-state index contributed by atoms with van der Waals surface area (Å²) in [7, 11) is 1.70. The Kier molecular flexibility index (Phi) is 18.1. The Balaban J connectivity index is 0.00000512. The standard InChI is InChI=1S/C27H42N2O2.2ClH/c1-5-7-18-29(19-8-6-2)20-10-17-28-21-25-11-9-12-26(30-4)27(25)31-22-24-15-13-23(3)14-16-24;;/h9,11-16,28H,5-8,10,17-22H2,1-4H3;2*1H. The smallest absolute Gasteiger partial charge is 0.166 e. The summed E-state index contributed by atoms with van der Waals surface area (Å²) in [5.74, 6) is 1.63. The predicted octanol–water partition coefficient (Wildman–Crippen LogP) is 6.81. The first-order chi connectivity index (χ1) is 15.2. The molecule has 2 aromatic rings. The Hall–Kier alpha value is -1.46. The van der Waals surface area contributed by atoms with E-state index < -0.39 is 0 Å². The van der Waals surface area contributed by atoms with Crippen molar-refractivity contribution in [3.8, 4) is 11.5 Å². The average molecular weight is 500 g/mol. The van der Waals surface area contributed by atoms with Crippen LogP contribution in [0.2, 0.25) is 0 Å². The highest BCUT2D eigenvalue weighted by molar-refractivity contribution is 5.85. The number of hydrogen-bond acceptors (Lipinski definition) is 4. The second-order valence-corrected chi connectivity index (χ2v) is 8.30. The van der Waals surface area contributed by atoms with Gasteiger partial charge in [0.2, 0.25) is 0 Å². The molecule has 0 aliphatic heterocycles. The first-order valence-electron chi connectivity index (χ1n) is 11.9. The van der Waals surface area contributed by atoms with Crippen LogP contribution in [0, 0.1) is 6.92 Å². The summed E-state index contributed by atoms with van der Waals surface area (Å²) in [6, 6.07) is 14.6. The van der Waals surface area contributed by atoms with Gasteiger partial charge in [-0.05, 0) is 64.0 Å². The van der Waals surface area contributed by atoms with Crippen molar-refractivity contribution in [1.82, 2.24) is 10.2 Å². The van der Waals surface area contributed by atoms with E-state index in [-0.39, 0.29) is 24.8 Å². The number of para-hydroxylation sites is 1. The van der Waals surface area contributed by atoms with E-state index in [0.29, 0.717) is 6.61 Å². The molecule has 0 heterocycles. The third-order valence-electron chi connectivity index (χ3n) is 5.58. The van der Waals surface area contributed by atoms with Crippen LogP contribution in [0.4, 0.5) is 0 Å². The SMILES string of the molecule is CCCCN(CCCC)CCCNCc1cccc(OC)c1OCc1ccc(C)cc1.Cl.Cl. The van der Waals surface area contributed by atoms with Gasteiger partial charge in [0.05, 0.1) is 7.11 Å². The molecule has 4 nitrogen and oxygen atoms in total. The van der Waals surface area contributed by atoms with Crippen LogP contribution in [0.15, 0.2) is 42.5 Å². The maximum Gasteiger partial charge on any atom is 0.166 e. The van der Waals surface area contributed by atoms with Crippen LogP contribution in [-0.4, -0.2) is 38.2 Å². The van der Waals surface area contributed by atoms with Gasteiger partial charge in [-0.1, -0.05) is 68.7 Å². The van der Waals surface area contributed by atoms with Gasteiger partial charge in [0.1, 0.15) is 6.61 Å². The topological polar surface area (TPSA) is 33.7 Å². The molecule has 1 N–H and O–H groups in total. The molecule has 0 aliphatic rings. The molecule has 6 heteroatoms. The lowest BCUT2D eigenvalue weighted by Crippen LogP contribution is -2.29. The van der Waals surface area contributed by atoms with E-state index >= 15 is 0 Å². The molecule has 0 unspecified atom stereocenters. The molecular weight excluding hydrogens is 455 g/mol. The molecule has 2 aromatic carbocycles. The number of hydrogen-bond donors (Lipinski definition) is 1. The van der Waals surface area contributed by atoms with Crippen LogP contribution in [0.5, 0.6) is 11.5 Å². The van der Waals surface area contributed by atoms with Crippen molar-refractivity contribution in [2.24, 2.45) is 0 Å². The largest absolute Gasteiger partial charge is 0.493 e. The van der Waals surface area contributed by atoms with Gasteiger partial charge < -0.3 is 19.7 Å². The van der Waals surface area contributed by atoms with Crippen LogP contribution in [0.3, 0.4) is 0 Å². The third-order valence-corrected chi connectivity index (χ3v) is 5.58. The van der Waals surface area contributed by atoms with Gasteiger partial charge in [-0.3, -0.25) is 0 Å². The second-order valence-electron chi connectivity index (χ2n) is 8.30. The van der Waals surface area contributed by atoms with Gasteiger partial charge in [-0.15, -0.1) is 24.8 Å².